The fourth-order valence-corrected chi connectivity index (χ4v) is 2.07. The molecule has 0 spiro atoms. The van der Waals surface area contributed by atoms with Crippen LogP contribution in [0.2, 0.25) is 5.02 Å². The van der Waals surface area contributed by atoms with E-state index in [4.69, 9.17) is 21.1 Å². The van der Waals surface area contributed by atoms with Gasteiger partial charge in [0.2, 0.25) is 5.75 Å². The van der Waals surface area contributed by atoms with E-state index in [1.54, 1.807) is 36.4 Å². The van der Waals surface area contributed by atoms with Gasteiger partial charge < -0.3 is 14.6 Å². The molecule has 2 rings (SSSR count). The minimum atomic E-state index is -0.161. The maximum Gasteiger partial charge on any atom is 0.203 e. The minimum absolute atomic E-state index is 0.0551. The van der Waals surface area contributed by atoms with Gasteiger partial charge in [-0.2, -0.15) is 0 Å². The third-order valence-corrected chi connectivity index (χ3v) is 3.29. The Bertz CT molecular complexity index is 705. The Morgan fingerprint density at radius 2 is 1.82 bits per heavy atom. The highest BCUT2D eigenvalue weighted by atomic mass is 35.5. The van der Waals surface area contributed by atoms with Gasteiger partial charge in [-0.3, -0.25) is 4.79 Å². The summed E-state index contributed by atoms with van der Waals surface area (Å²) in [6.45, 7) is 0. The summed E-state index contributed by atoms with van der Waals surface area (Å²) in [5, 5.41) is 10.5. The van der Waals surface area contributed by atoms with Crippen LogP contribution < -0.4 is 9.47 Å². The van der Waals surface area contributed by atoms with E-state index in [9.17, 15) is 9.90 Å². The lowest BCUT2D eigenvalue weighted by molar-refractivity contribution is 0.104. The average Bonchev–Trinajstić information content (AvgIpc) is 2.52. The van der Waals surface area contributed by atoms with Crippen molar-refractivity contribution in [1.82, 2.24) is 0 Å². The molecule has 0 fully saturated rings. The highest BCUT2D eigenvalue weighted by Gasteiger charge is 2.10. The monoisotopic (exact) mass is 318 g/mol. The summed E-state index contributed by atoms with van der Waals surface area (Å²) >= 11 is 5.79. The van der Waals surface area contributed by atoms with Crippen LogP contribution in [0.4, 0.5) is 0 Å². The number of rotatable bonds is 5. The van der Waals surface area contributed by atoms with E-state index >= 15 is 0 Å². The van der Waals surface area contributed by atoms with Gasteiger partial charge in [0.15, 0.2) is 17.3 Å². The number of methoxy groups -OCH3 is 2. The second kappa shape index (κ2) is 7.00. The summed E-state index contributed by atoms with van der Waals surface area (Å²) < 4.78 is 10.2. The number of hydrogen-bond acceptors (Lipinski definition) is 4. The Balaban J connectivity index is 2.24. The van der Waals surface area contributed by atoms with Gasteiger partial charge in [-0.15, -0.1) is 0 Å². The van der Waals surface area contributed by atoms with Gasteiger partial charge in [-0.1, -0.05) is 17.7 Å². The van der Waals surface area contributed by atoms with Crippen molar-refractivity contribution < 1.29 is 19.4 Å². The van der Waals surface area contributed by atoms with Crippen LogP contribution in [0.15, 0.2) is 42.5 Å². The molecular weight excluding hydrogens is 304 g/mol. The largest absolute Gasteiger partial charge is 0.504 e. The van der Waals surface area contributed by atoms with E-state index in [1.165, 1.54) is 26.4 Å². The fraction of sp³-hybridized carbons (Fsp3) is 0.118. The summed E-state index contributed by atoms with van der Waals surface area (Å²) in [5.41, 5.74) is 1.16. The number of ketones is 1. The molecule has 0 amide bonds. The van der Waals surface area contributed by atoms with Crippen LogP contribution in [0.1, 0.15) is 15.9 Å². The Labute approximate surface area is 133 Å². The van der Waals surface area contributed by atoms with Crippen molar-refractivity contribution in [2.45, 2.75) is 0 Å². The van der Waals surface area contributed by atoms with Crippen LogP contribution in [0.25, 0.3) is 6.08 Å². The standard InChI is InChI=1S/C17H15ClO4/c1-21-16-10-11(9-15(20)17(16)22-2)3-8-14(19)12-4-6-13(18)7-5-12/h3-10,20H,1-2H3/b8-3+. The molecule has 0 saturated carbocycles. The van der Waals surface area contributed by atoms with Gasteiger partial charge in [0.1, 0.15) is 0 Å². The van der Waals surface area contributed by atoms with Crippen molar-refractivity contribution in [2.24, 2.45) is 0 Å². The lowest BCUT2D eigenvalue weighted by Crippen LogP contribution is -1.94. The molecule has 0 aliphatic heterocycles. The minimum Gasteiger partial charge on any atom is -0.504 e. The second-order valence-corrected chi connectivity index (χ2v) is 4.92. The van der Waals surface area contributed by atoms with Gasteiger partial charge in [0.25, 0.3) is 0 Å². The number of halogens is 1. The number of aromatic hydroxyl groups is 1. The molecule has 0 aliphatic carbocycles. The Morgan fingerprint density at radius 3 is 2.41 bits per heavy atom. The van der Waals surface area contributed by atoms with Crippen LogP contribution in [-0.2, 0) is 0 Å². The fourth-order valence-electron chi connectivity index (χ4n) is 1.94. The van der Waals surface area contributed by atoms with Crippen LogP contribution in [0, 0.1) is 0 Å². The van der Waals surface area contributed by atoms with Gasteiger partial charge in [-0.25, -0.2) is 0 Å². The lowest BCUT2D eigenvalue weighted by Gasteiger charge is -2.10. The molecule has 0 aliphatic rings. The summed E-state index contributed by atoms with van der Waals surface area (Å²) in [6.07, 6.45) is 3.02. The molecule has 1 N–H and O–H groups in total. The van der Waals surface area contributed by atoms with Crippen LogP contribution in [0.5, 0.6) is 17.2 Å². The number of hydrogen-bond donors (Lipinski definition) is 1. The van der Waals surface area contributed by atoms with E-state index in [2.05, 4.69) is 0 Å². The molecule has 2 aromatic carbocycles. The van der Waals surface area contributed by atoms with Crippen molar-refractivity contribution in [3.05, 3.63) is 58.6 Å². The quantitative estimate of drug-likeness (QED) is 0.669. The molecule has 4 nitrogen and oxygen atoms in total. The average molecular weight is 319 g/mol. The zero-order valence-corrected chi connectivity index (χ0v) is 12.9. The van der Waals surface area contributed by atoms with E-state index < -0.39 is 0 Å². The molecule has 5 heteroatoms. The van der Waals surface area contributed by atoms with Crippen LogP contribution in [0.3, 0.4) is 0 Å². The zero-order valence-electron chi connectivity index (χ0n) is 12.2. The summed E-state index contributed by atoms with van der Waals surface area (Å²) in [5.74, 6) is 0.427. The molecule has 0 bridgehead atoms. The summed E-state index contributed by atoms with van der Waals surface area (Å²) in [7, 11) is 2.92. The van der Waals surface area contributed by atoms with Crippen LogP contribution >= 0.6 is 11.6 Å². The normalized spacial score (nSPS) is 10.7. The van der Waals surface area contributed by atoms with E-state index in [1.807, 2.05) is 0 Å². The molecule has 0 unspecified atom stereocenters. The molecule has 0 aromatic heterocycles. The number of carbonyl (C=O) groups is 1. The number of allylic oxidation sites excluding steroid dienone is 1. The number of benzene rings is 2. The van der Waals surface area contributed by atoms with Crippen molar-refractivity contribution in [2.75, 3.05) is 14.2 Å². The molecule has 114 valence electrons. The smallest absolute Gasteiger partial charge is 0.203 e. The maximum absolute atomic E-state index is 12.0. The first kappa shape index (κ1) is 15.9. The summed E-state index contributed by atoms with van der Waals surface area (Å²) in [6, 6.07) is 9.79. The van der Waals surface area contributed by atoms with Gasteiger partial charge in [0.05, 0.1) is 14.2 Å². The summed E-state index contributed by atoms with van der Waals surface area (Å²) in [4.78, 5) is 12.0. The Hall–Kier alpha value is -2.46. The zero-order chi connectivity index (χ0) is 16.1. The van der Waals surface area contributed by atoms with Crippen molar-refractivity contribution in [3.63, 3.8) is 0 Å². The first-order valence-electron chi connectivity index (χ1n) is 6.48. The topological polar surface area (TPSA) is 55.8 Å². The number of carbonyl (C=O) groups excluding carboxylic acids is 1. The predicted octanol–water partition coefficient (Wildman–Crippen LogP) is 3.96. The molecule has 0 saturated heterocycles. The van der Waals surface area contributed by atoms with Crippen molar-refractivity contribution >= 4 is 23.5 Å². The SMILES string of the molecule is COc1cc(/C=C/C(=O)c2ccc(Cl)cc2)cc(O)c1OC. The van der Waals surface area contributed by atoms with E-state index in [0.717, 1.165) is 0 Å². The number of phenols is 1. The lowest BCUT2D eigenvalue weighted by atomic mass is 10.1. The third kappa shape index (κ3) is 3.59. The van der Waals surface area contributed by atoms with E-state index in [0.29, 0.717) is 21.9 Å². The van der Waals surface area contributed by atoms with Gasteiger partial charge in [0, 0.05) is 10.6 Å². The molecule has 0 heterocycles. The number of phenolic OH excluding ortho intramolecular Hbond substituents is 1. The molecular formula is C17H15ClO4. The highest BCUT2D eigenvalue weighted by molar-refractivity contribution is 6.30. The Morgan fingerprint density at radius 1 is 1.14 bits per heavy atom. The number of ether oxygens (including phenoxy) is 2. The van der Waals surface area contributed by atoms with Crippen molar-refractivity contribution in [3.8, 4) is 17.2 Å². The molecule has 2 aromatic rings. The maximum atomic E-state index is 12.0. The van der Waals surface area contributed by atoms with Crippen LogP contribution in [-0.4, -0.2) is 25.1 Å². The third-order valence-electron chi connectivity index (χ3n) is 3.04. The molecule has 0 atom stereocenters. The van der Waals surface area contributed by atoms with E-state index in [-0.39, 0.29) is 17.3 Å². The molecule has 0 radical (unpaired) electrons. The van der Waals surface area contributed by atoms with Gasteiger partial charge in [-0.05, 0) is 48.0 Å². The first-order chi connectivity index (χ1) is 10.5. The second-order valence-electron chi connectivity index (χ2n) is 4.48. The Kier molecular flexibility index (Phi) is 5.07. The molecule has 22 heavy (non-hydrogen) atoms. The highest BCUT2D eigenvalue weighted by Crippen LogP contribution is 2.37. The first-order valence-corrected chi connectivity index (χ1v) is 6.86. The van der Waals surface area contributed by atoms with Gasteiger partial charge >= 0.3 is 0 Å². The predicted molar refractivity (Wildman–Crippen MR) is 86.0 cm³/mol. The van der Waals surface area contributed by atoms with Crippen molar-refractivity contribution in [1.29, 1.82) is 0 Å².